The van der Waals surface area contributed by atoms with Crippen molar-refractivity contribution >= 4 is 40.8 Å². The number of halogens is 1. The number of benzene rings is 1. The van der Waals surface area contributed by atoms with Gasteiger partial charge in [-0.3, -0.25) is 4.31 Å². The van der Waals surface area contributed by atoms with Crippen LogP contribution in [0.3, 0.4) is 0 Å². The maximum Gasteiger partial charge on any atom is 0.488 e. The quantitative estimate of drug-likeness (QED) is 0.366. The van der Waals surface area contributed by atoms with Crippen LogP contribution in [0.15, 0.2) is 24.3 Å². The van der Waals surface area contributed by atoms with Crippen LogP contribution in [0, 0.1) is 0 Å². The number of nitrogens with zero attached hydrogens (tertiary/aromatic N) is 1. The van der Waals surface area contributed by atoms with Crippen molar-refractivity contribution in [2.24, 2.45) is 0 Å². The van der Waals surface area contributed by atoms with E-state index in [4.69, 9.17) is 21.6 Å². The van der Waals surface area contributed by atoms with Gasteiger partial charge in [0, 0.05) is 12.4 Å². The SMILES string of the molecule is O=[SH](=O)N(CCCCl)c1ccc(B(O)O)cc1. The standard InChI is InChI=1S/C9H13BClNO4S/c11-6-1-7-12(17(15)16)9-4-2-8(3-5-9)10(13)14/h2-5,13-14,17H,1,6-7H2. The Hall–Kier alpha value is -0.755. The fourth-order valence-electron chi connectivity index (χ4n) is 1.33. The fraction of sp³-hybridized carbons (Fsp3) is 0.333. The van der Waals surface area contributed by atoms with Crippen LogP contribution in [0.5, 0.6) is 0 Å². The molecule has 0 aliphatic carbocycles. The molecule has 0 heterocycles. The lowest BCUT2D eigenvalue weighted by molar-refractivity contribution is 0.426. The van der Waals surface area contributed by atoms with Crippen molar-refractivity contribution in [3.8, 4) is 0 Å². The van der Waals surface area contributed by atoms with E-state index in [1.165, 1.54) is 28.6 Å². The van der Waals surface area contributed by atoms with Crippen LogP contribution in [-0.2, 0) is 10.9 Å². The average molecular weight is 278 g/mol. The van der Waals surface area contributed by atoms with E-state index in [1.807, 2.05) is 0 Å². The zero-order chi connectivity index (χ0) is 12.8. The number of alkyl halides is 1. The molecule has 8 heteroatoms. The Morgan fingerprint density at radius 2 is 1.82 bits per heavy atom. The van der Waals surface area contributed by atoms with Gasteiger partial charge in [0.2, 0.25) is 10.9 Å². The van der Waals surface area contributed by atoms with E-state index in [1.54, 1.807) is 0 Å². The Kier molecular flexibility index (Phi) is 5.77. The smallest absolute Gasteiger partial charge is 0.423 e. The van der Waals surface area contributed by atoms with Gasteiger partial charge in [-0.15, -0.1) is 11.6 Å². The zero-order valence-corrected chi connectivity index (χ0v) is 10.6. The van der Waals surface area contributed by atoms with Crippen LogP contribution >= 0.6 is 11.6 Å². The summed E-state index contributed by atoms with van der Waals surface area (Å²) in [7, 11) is -4.28. The zero-order valence-electron chi connectivity index (χ0n) is 8.99. The maximum atomic E-state index is 11.0. The normalized spacial score (nSPS) is 10.6. The van der Waals surface area contributed by atoms with E-state index in [-0.39, 0.29) is 0 Å². The van der Waals surface area contributed by atoms with Crippen molar-refractivity contribution in [1.29, 1.82) is 0 Å². The number of hydrogen-bond acceptors (Lipinski definition) is 4. The fourth-order valence-corrected chi connectivity index (χ4v) is 2.08. The van der Waals surface area contributed by atoms with E-state index in [0.29, 0.717) is 30.0 Å². The molecule has 0 unspecified atom stereocenters. The predicted octanol–water partition coefficient (Wildman–Crippen LogP) is -0.672. The molecule has 0 radical (unpaired) electrons. The molecule has 0 fully saturated rings. The molecule has 0 saturated heterocycles. The summed E-state index contributed by atoms with van der Waals surface area (Å²) in [4.78, 5) is 0. The minimum absolute atomic E-state index is 0.309. The molecule has 1 aromatic carbocycles. The lowest BCUT2D eigenvalue weighted by atomic mass is 9.80. The van der Waals surface area contributed by atoms with Crippen LogP contribution < -0.4 is 9.77 Å². The van der Waals surface area contributed by atoms with Crippen LogP contribution in [-0.4, -0.2) is 38.0 Å². The molecule has 1 rings (SSSR count). The first kappa shape index (κ1) is 14.3. The Balaban J connectivity index is 2.87. The van der Waals surface area contributed by atoms with Crippen LogP contribution in [0.25, 0.3) is 0 Å². The highest BCUT2D eigenvalue weighted by molar-refractivity contribution is 7.74. The molecular weight excluding hydrogens is 264 g/mol. The summed E-state index contributed by atoms with van der Waals surface area (Å²) >= 11 is 5.51. The van der Waals surface area contributed by atoms with Gasteiger partial charge in [-0.25, -0.2) is 8.42 Å². The van der Waals surface area contributed by atoms with Gasteiger partial charge in [-0.2, -0.15) is 0 Å². The maximum absolute atomic E-state index is 11.0. The Bertz CT molecular complexity index is 416. The molecule has 0 aliphatic heterocycles. The molecule has 0 atom stereocenters. The molecule has 0 saturated carbocycles. The molecule has 0 aromatic heterocycles. The lowest BCUT2D eigenvalue weighted by Gasteiger charge is -2.17. The number of anilines is 1. The first-order valence-electron chi connectivity index (χ1n) is 5.00. The van der Waals surface area contributed by atoms with Crippen LogP contribution in [0.2, 0.25) is 0 Å². The largest absolute Gasteiger partial charge is 0.488 e. The molecule has 1 aromatic rings. The third-order valence-corrected chi connectivity index (χ3v) is 3.28. The van der Waals surface area contributed by atoms with Gasteiger partial charge in [0.25, 0.3) is 0 Å². The van der Waals surface area contributed by atoms with E-state index in [2.05, 4.69) is 0 Å². The molecular formula is C9H13BClNO4S. The van der Waals surface area contributed by atoms with Gasteiger partial charge >= 0.3 is 7.12 Å². The Labute approximate surface area is 107 Å². The van der Waals surface area contributed by atoms with E-state index in [0.717, 1.165) is 0 Å². The Morgan fingerprint density at radius 1 is 1.24 bits per heavy atom. The molecule has 0 amide bonds. The van der Waals surface area contributed by atoms with Crippen molar-refractivity contribution in [2.75, 3.05) is 16.7 Å². The molecule has 94 valence electrons. The van der Waals surface area contributed by atoms with Crippen molar-refractivity contribution in [3.05, 3.63) is 24.3 Å². The van der Waals surface area contributed by atoms with E-state index >= 15 is 0 Å². The third-order valence-electron chi connectivity index (χ3n) is 2.19. The van der Waals surface area contributed by atoms with Crippen molar-refractivity contribution in [1.82, 2.24) is 0 Å². The third kappa shape index (κ3) is 4.20. The van der Waals surface area contributed by atoms with Crippen LogP contribution in [0.1, 0.15) is 6.42 Å². The molecule has 0 spiro atoms. The summed E-state index contributed by atoms with van der Waals surface area (Å²) in [5, 5.41) is 17.8. The minimum atomic E-state index is -2.73. The first-order chi connectivity index (χ1) is 8.06. The second-order valence-electron chi connectivity index (χ2n) is 3.37. The number of rotatable bonds is 6. The van der Waals surface area contributed by atoms with Crippen LogP contribution in [0.4, 0.5) is 5.69 Å². The summed E-state index contributed by atoms with van der Waals surface area (Å²) in [5.41, 5.74) is 0.794. The average Bonchev–Trinajstić information content (AvgIpc) is 2.29. The summed E-state index contributed by atoms with van der Waals surface area (Å²) in [5.74, 6) is 0.382. The van der Waals surface area contributed by atoms with E-state index < -0.39 is 18.0 Å². The van der Waals surface area contributed by atoms with Gasteiger partial charge in [0.05, 0.1) is 5.69 Å². The van der Waals surface area contributed by atoms with Gasteiger partial charge in [0.1, 0.15) is 0 Å². The van der Waals surface area contributed by atoms with E-state index in [9.17, 15) is 8.42 Å². The molecule has 2 N–H and O–H groups in total. The van der Waals surface area contributed by atoms with Crippen molar-refractivity contribution < 1.29 is 18.5 Å². The second-order valence-corrected chi connectivity index (χ2v) is 4.71. The first-order valence-corrected chi connectivity index (χ1v) is 6.66. The highest BCUT2D eigenvalue weighted by Gasteiger charge is 2.12. The highest BCUT2D eigenvalue weighted by atomic mass is 35.5. The van der Waals surface area contributed by atoms with Gasteiger partial charge in [-0.05, 0) is 24.0 Å². The molecule has 0 aliphatic rings. The second kappa shape index (κ2) is 6.85. The Morgan fingerprint density at radius 3 is 2.24 bits per heavy atom. The lowest BCUT2D eigenvalue weighted by Crippen LogP contribution is -2.30. The summed E-state index contributed by atoms with van der Waals surface area (Å²) < 4.78 is 23.3. The monoisotopic (exact) mass is 277 g/mol. The highest BCUT2D eigenvalue weighted by Crippen LogP contribution is 2.13. The molecule has 5 nitrogen and oxygen atoms in total. The minimum Gasteiger partial charge on any atom is -0.423 e. The summed E-state index contributed by atoms with van der Waals surface area (Å²) in [6.45, 7) is 0.309. The summed E-state index contributed by atoms with van der Waals surface area (Å²) in [6.07, 6.45) is 0.551. The molecule has 0 bridgehead atoms. The summed E-state index contributed by atoms with van der Waals surface area (Å²) in [6, 6.07) is 5.97. The predicted molar refractivity (Wildman–Crippen MR) is 69.3 cm³/mol. The van der Waals surface area contributed by atoms with Gasteiger partial charge < -0.3 is 10.0 Å². The van der Waals surface area contributed by atoms with Crippen molar-refractivity contribution in [2.45, 2.75) is 6.42 Å². The van der Waals surface area contributed by atoms with Gasteiger partial charge in [-0.1, -0.05) is 12.1 Å². The number of hydrogen-bond donors (Lipinski definition) is 3. The van der Waals surface area contributed by atoms with Gasteiger partial charge in [0.15, 0.2) is 0 Å². The topological polar surface area (TPSA) is 77.8 Å². The van der Waals surface area contributed by atoms with Crippen molar-refractivity contribution in [3.63, 3.8) is 0 Å². The number of thiol groups is 1. The molecule has 17 heavy (non-hydrogen) atoms.